The number of ether oxygens (including phenoxy) is 1. The molecule has 2 aromatic rings. The number of carbonyl (C=O) groups excluding carboxylic acids is 2. The molecule has 1 heterocycles. The van der Waals surface area contributed by atoms with Gasteiger partial charge in [-0.3, -0.25) is 14.6 Å². The lowest BCUT2D eigenvalue weighted by Gasteiger charge is -2.18. The van der Waals surface area contributed by atoms with Crippen molar-refractivity contribution in [2.75, 3.05) is 26.7 Å². The minimum atomic E-state index is -0.285. The zero-order chi connectivity index (χ0) is 18.9. The van der Waals surface area contributed by atoms with Crippen LogP contribution in [0.3, 0.4) is 0 Å². The summed E-state index contributed by atoms with van der Waals surface area (Å²) in [5.74, 6) is 0.425. The highest BCUT2D eigenvalue weighted by molar-refractivity contribution is 5.98. The van der Waals surface area contributed by atoms with Crippen LogP contribution in [-0.2, 0) is 6.42 Å². The predicted octanol–water partition coefficient (Wildman–Crippen LogP) is 2.54. The monoisotopic (exact) mass is 355 g/mol. The molecule has 1 aromatic carbocycles. The minimum absolute atomic E-state index is 0.0929. The maximum absolute atomic E-state index is 12.4. The summed E-state index contributed by atoms with van der Waals surface area (Å²) < 4.78 is 5.12. The van der Waals surface area contributed by atoms with Crippen LogP contribution in [0.1, 0.15) is 40.3 Å². The molecule has 0 radical (unpaired) electrons. The van der Waals surface area contributed by atoms with Crippen LogP contribution < -0.4 is 10.1 Å². The maximum atomic E-state index is 12.4. The van der Waals surface area contributed by atoms with Gasteiger partial charge in [-0.15, -0.1) is 0 Å². The van der Waals surface area contributed by atoms with Crippen LogP contribution >= 0.6 is 0 Å². The Morgan fingerprint density at radius 3 is 2.42 bits per heavy atom. The molecule has 0 unspecified atom stereocenters. The summed E-state index contributed by atoms with van der Waals surface area (Å²) in [5, 5.41) is 2.84. The molecular formula is C20H25N3O3. The molecule has 138 valence electrons. The summed E-state index contributed by atoms with van der Waals surface area (Å²) in [6.07, 6.45) is 2.20. The summed E-state index contributed by atoms with van der Waals surface area (Å²) in [7, 11) is 1.63. The first-order valence-corrected chi connectivity index (χ1v) is 8.75. The van der Waals surface area contributed by atoms with E-state index in [0.717, 1.165) is 11.3 Å². The zero-order valence-corrected chi connectivity index (χ0v) is 15.5. The van der Waals surface area contributed by atoms with E-state index in [-0.39, 0.29) is 17.5 Å². The van der Waals surface area contributed by atoms with Crippen molar-refractivity contribution in [2.45, 2.75) is 20.3 Å². The van der Waals surface area contributed by atoms with Crippen molar-refractivity contribution in [2.24, 2.45) is 0 Å². The molecule has 2 amide bonds. The molecule has 6 heteroatoms. The third-order valence-corrected chi connectivity index (χ3v) is 4.15. The summed E-state index contributed by atoms with van der Waals surface area (Å²) in [5.41, 5.74) is 1.83. The molecule has 0 saturated heterocycles. The molecule has 1 N–H and O–H groups in total. The normalized spacial score (nSPS) is 10.3. The lowest BCUT2D eigenvalue weighted by molar-refractivity contribution is 0.0773. The Bertz CT molecular complexity index is 740. The quantitative estimate of drug-likeness (QED) is 0.790. The molecule has 0 spiro atoms. The summed E-state index contributed by atoms with van der Waals surface area (Å²) in [6, 6.07) is 10.9. The molecular weight excluding hydrogens is 330 g/mol. The summed E-state index contributed by atoms with van der Waals surface area (Å²) in [4.78, 5) is 30.5. The van der Waals surface area contributed by atoms with E-state index in [1.54, 1.807) is 24.1 Å². The Morgan fingerprint density at radius 1 is 1.12 bits per heavy atom. The van der Waals surface area contributed by atoms with Crippen LogP contribution in [-0.4, -0.2) is 48.4 Å². The van der Waals surface area contributed by atoms with Crippen LogP contribution in [0.5, 0.6) is 5.75 Å². The molecule has 1 aromatic heterocycles. The highest BCUT2D eigenvalue weighted by atomic mass is 16.5. The fraction of sp³-hybridized carbons (Fsp3) is 0.350. The Balaban J connectivity index is 1.94. The average molecular weight is 355 g/mol. The van der Waals surface area contributed by atoms with Crippen molar-refractivity contribution in [1.82, 2.24) is 15.2 Å². The van der Waals surface area contributed by atoms with Gasteiger partial charge in [-0.1, -0.05) is 12.1 Å². The smallest absolute Gasteiger partial charge is 0.269 e. The predicted molar refractivity (Wildman–Crippen MR) is 101 cm³/mol. The number of nitrogens with one attached hydrogen (secondary N) is 1. The van der Waals surface area contributed by atoms with E-state index >= 15 is 0 Å². The number of nitrogens with zero attached hydrogens (tertiary/aromatic N) is 2. The Kier molecular flexibility index (Phi) is 7.14. The van der Waals surface area contributed by atoms with Crippen molar-refractivity contribution in [3.05, 3.63) is 59.4 Å². The molecule has 2 rings (SSSR count). The van der Waals surface area contributed by atoms with Gasteiger partial charge in [0.15, 0.2) is 0 Å². The maximum Gasteiger partial charge on any atom is 0.269 e. The van der Waals surface area contributed by atoms with Gasteiger partial charge in [-0.05, 0) is 50.1 Å². The number of hydrogen-bond donors (Lipinski definition) is 1. The lowest BCUT2D eigenvalue weighted by Crippen LogP contribution is -2.31. The number of aromatic nitrogens is 1. The van der Waals surface area contributed by atoms with E-state index in [1.165, 1.54) is 6.20 Å². The number of pyridine rings is 1. The Morgan fingerprint density at radius 2 is 1.81 bits per heavy atom. The van der Waals surface area contributed by atoms with Gasteiger partial charge in [-0.25, -0.2) is 0 Å². The molecule has 0 aliphatic rings. The Hall–Kier alpha value is -2.89. The molecule has 0 fully saturated rings. The molecule has 6 nitrogen and oxygen atoms in total. The second-order valence-corrected chi connectivity index (χ2v) is 5.76. The second kappa shape index (κ2) is 9.56. The van der Waals surface area contributed by atoms with Gasteiger partial charge in [0.05, 0.1) is 7.11 Å². The summed E-state index contributed by atoms with van der Waals surface area (Å²) >= 11 is 0. The Labute approximate surface area is 154 Å². The third kappa shape index (κ3) is 5.05. The molecule has 0 bridgehead atoms. The van der Waals surface area contributed by atoms with E-state index in [4.69, 9.17) is 4.74 Å². The standard InChI is InChI=1S/C20H25N3O3/c1-4-23(5-2)20(25)16-11-13-21-18(14-16)19(24)22-12-10-15-6-8-17(26-3)9-7-15/h6-9,11,13-14H,4-5,10,12H2,1-3H3,(H,22,24). The number of benzene rings is 1. The fourth-order valence-corrected chi connectivity index (χ4v) is 2.58. The van der Waals surface area contributed by atoms with Crippen molar-refractivity contribution < 1.29 is 14.3 Å². The first-order valence-electron chi connectivity index (χ1n) is 8.75. The number of methoxy groups -OCH3 is 1. The summed E-state index contributed by atoms with van der Waals surface area (Å²) in [6.45, 7) is 5.59. The van der Waals surface area contributed by atoms with E-state index in [0.29, 0.717) is 31.6 Å². The fourth-order valence-electron chi connectivity index (χ4n) is 2.58. The van der Waals surface area contributed by atoms with Crippen LogP contribution in [0, 0.1) is 0 Å². The van der Waals surface area contributed by atoms with Gasteiger partial charge < -0.3 is 15.0 Å². The van der Waals surface area contributed by atoms with Gasteiger partial charge >= 0.3 is 0 Å². The van der Waals surface area contributed by atoms with Crippen LogP contribution in [0.25, 0.3) is 0 Å². The molecule has 0 atom stereocenters. The van der Waals surface area contributed by atoms with Gasteiger partial charge in [0, 0.05) is 31.4 Å². The number of rotatable bonds is 8. The van der Waals surface area contributed by atoms with Crippen LogP contribution in [0.4, 0.5) is 0 Å². The molecule has 0 aliphatic carbocycles. The van der Waals surface area contributed by atoms with Crippen LogP contribution in [0.15, 0.2) is 42.6 Å². The van der Waals surface area contributed by atoms with Gasteiger partial charge in [0.2, 0.25) is 0 Å². The molecule has 0 aliphatic heterocycles. The van der Waals surface area contributed by atoms with E-state index in [2.05, 4.69) is 10.3 Å². The van der Waals surface area contributed by atoms with Gasteiger partial charge in [0.25, 0.3) is 11.8 Å². The highest BCUT2D eigenvalue weighted by Crippen LogP contribution is 2.11. The third-order valence-electron chi connectivity index (χ3n) is 4.15. The highest BCUT2D eigenvalue weighted by Gasteiger charge is 2.15. The average Bonchev–Trinajstić information content (AvgIpc) is 2.69. The van der Waals surface area contributed by atoms with Gasteiger partial charge in [0.1, 0.15) is 11.4 Å². The van der Waals surface area contributed by atoms with Crippen molar-refractivity contribution in [3.8, 4) is 5.75 Å². The van der Waals surface area contributed by atoms with E-state index in [1.807, 2.05) is 38.1 Å². The van der Waals surface area contributed by atoms with Gasteiger partial charge in [-0.2, -0.15) is 0 Å². The van der Waals surface area contributed by atoms with Crippen molar-refractivity contribution >= 4 is 11.8 Å². The first kappa shape index (κ1) is 19.4. The van der Waals surface area contributed by atoms with E-state index < -0.39 is 0 Å². The molecule has 0 saturated carbocycles. The van der Waals surface area contributed by atoms with E-state index in [9.17, 15) is 9.59 Å². The van der Waals surface area contributed by atoms with Crippen LogP contribution in [0.2, 0.25) is 0 Å². The number of amides is 2. The topological polar surface area (TPSA) is 71.5 Å². The SMILES string of the molecule is CCN(CC)C(=O)c1ccnc(C(=O)NCCc2ccc(OC)cc2)c1. The van der Waals surface area contributed by atoms with Crippen molar-refractivity contribution in [1.29, 1.82) is 0 Å². The molecule has 26 heavy (non-hydrogen) atoms. The second-order valence-electron chi connectivity index (χ2n) is 5.76. The first-order chi connectivity index (χ1) is 12.6. The van der Waals surface area contributed by atoms with Crippen molar-refractivity contribution in [3.63, 3.8) is 0 Å². The minimum Gasteiger partial charge on any atom is -0.497 e. The largest absolute Gasteiger partial charge is 0.497 e. The number of carbonyl (C=O) groups is 2. The number of hydrogen-bond acceptors (Lipinski definition) is 4. The zero-order valence-electron chi connectivity index (χ0n) is 15.5. The lowest BCUT2D eigenvalue weighted by atomic mass is 10.1.